The van der Waals surface area contributed by atoms with E-state index in [1.807, 2.05) is 0 Å². The van der Waals surface area contributed by atoms with Crippen LogP contribution >= 0.6 is 0 Å². The number of rotatable bonds is 2. The van der Waals surface area contributed by atoms with Gasteiger partial charge in [0.2, 0.25) is 0 Å². The normalized spacial score (nSPS) is 22.9. The van der Waals surface area contributed by atoms with Gasteiger partial charge in [-0.1, -0.05) is 0 Å². The summed E-state index contributed by atoms with van der Waals surface area (Å²) < 4.78 is 0. The quantitative estimate of drug-likeness (QED) is 0.583. The minimum Gasteiger partial charge on any atom is -0.306 e. The molecule has 0 unspecified atom stereocenters. The van der Waals surface area contributed by atoms with Crippen LogP contribution in [0.2, 0.25) is 0 Å². The van der Waals surface area contributed by atoms with Crippen molar-refractivity contribution in [1.82, 2.24) is 9.80 Å². The first-order chi connectivity index (χ1) is 5.24. The van der Waals surface area contributed by atoms with E-state index in [0.29, 0.717) is 0 Å². The number of nitrogens with zero attached hydrogens (tertiary/aromatic N) is 2. The van der Waals surface area contributed by atoms with Gasteiger partial charge in [0.1, 0.15) is 0 Å². The zero-order valence-corrected chi connectivity index (χ0v) is 7.71. The van der Waals surface area contributed by atoms with Crippen molar-refractivity contribution in [2.24, 2.45) is 0 Å². The van der Waals surface area contributed by atoms with Crippen LogP contribution in [0.15, 0.2) is 0 Å². The van der Waals surface area contributed by atoms with Crippen molar-refractivity contribution in [1.29, 1.82) is 0 Å². The number of hydrogen-bond acceptors (Lipinski definition) is 2. The van der Waals surface area contributed by atoms with Crippen LogP contribution in [0.25, 0.3) is 0 Å². The second-order valence-corrected chi connectivity index (χ2v) is 3.54. The molecule has 65 valence electrons. The van der Waals surface area contributed by atoms with Crippen molar-refractivity contribution in [3.8, 4) is 0 Å². The Bertz CT molecular complexity index is 104. The van der Waals surface area contributed by atoms with Gasteiger partial charge in [-0.2, -0.15) is 0 Å². The second-order valence-electron chi connectivity index (χ2n) is 3.54. The van der Waals surface area contributed by atoms with E-state index in [9.17, 15) is 0 Å². The zero-order chi connectivity index (χ0) is 8.27. The third kappa shape index (κ3) is 2.46. The molecule has 1 aliphatic heterocycles. The minimum atomic E-state index is 0.804. The molecule has 1 radical (unpaired) electrons. The Hall–Kier alpha value is -0.0800. The first kappa shape index (κ1) is 9.01. The molecule has 0 aromatic heterocycles. The highest BCUT2D eigenvalue weighted by Gasteiger charge is 2.18. The van der Waals surface area contributed by atoms with Crippen LogP contribution in [0.4, 0.5) is 0 Å². The molecular formula is C9H19N2. The number of piperidine rings is 1. The lowest BCUT2D eigenvalue weighted by molar-refractivity contribution is 0.154. The van der Waals surface area contributed by atoms with Gasteiger partial charge in [0, 0.05) is 6.04 Å². The van der Waals surface area contributed by atoms with Crippen LogP contribution < -0.4 is 0 Å². The third-order valence-electron chi connectivity index (χ3n) is 2.60. The summed E-state index contributed by atoms with van der Waals surface area (Å²) in [7, 11) is 4.34. The summed E-state index contributed by atoms with van der Waals surface area (Å²) in [6, 6.07) is 0.804. The highest BCUT2D eigenvalue weighted by Crippen LogP contribution is 2.12. The minimum absolute atomic E-state index is 0.804. The van der Waals surface area contributed by atoms with Gasteiger partial charge in [-0.15, -0.1) is 0 Å². The zero-order valence-electron chi connectivity index (χ0n) is 7.71. The molecule has 0 saturated carbocycles. The van der Waals surface area contributed by atoms with Gasteiger partial charge in [0.05, 0.1) is 0 Å². The van der Waals surface area contributed by atoms with Crippen molar-refractivity contribution < 1.29 is 0 Å². The van der Waals surface area contributed by atoms with Gasteiger partial charge >= 0.3 is 0 Å². The standard InChI is InChI=1S/C9H19N2/c1-4-11-7-5-9(6-8-11)10(2)3/h9H,1,4-8H2,2-3H3. The highest BCUT2D eigenvalue weighted by atomic mass is 15.2. The van der Waals surface area contributed by atoms with Gasteiger partial charge in [0.15, 0.2) is 0 Å². The molecule has 0 N–H and O–H groups in total. The molecule has 0 amide bonds. The van der Waals surface area contributed by atoms with E-state index < -0.39 is 0 Å². The van der Waals surface area contributed by atoms with Gasteiger partial charge in [0.25, 0.3) is 0 Å². The maximum absolute atomic E-state index is 3.89. The summed E-state index contributed by atoms with van der Waals surface area (Å²) in [6.45, 7) is 7.32. The van der Waals surface area contributed by atoms with Gasteiger partial charge < -0.3 is 9.80 Å². The van der Waals surface area contributed by atoms with E-state index in [4.69, 9.17) is 0 Å². The maximum Gasteiger partial charge on any atom is 0.0113 e. The summed E-state index contributed by atoms with van der Waals surface area (Å²) >= 11 is 0. The Morgan fingerprint density at radius 1 is 1.36 bits per heavy atom. The Morgan fingerprint density at radius 2 is 1.91 bits per heavy atom. The van der Waals surface area contributed by atoms with Crippen LogP contribution in [0.5, 0.6) is 0 Å². The number of likely N-dealkylation sites (tertiary alicyclic amines) is 1. The fourth-order valence-electron chi connectivity index (χ4n) is 1.66. The van der Waals surface area contributed by atoms with Crippen LogP contribution in [-0.2, 0) is 0 Å². The molecule has 0 bridgehead atoms. The number of hydrogen-bond donors (Lipinski definition) is 0. The Labute approximate surface area is 70.2 Å². The molecule has 0 spiro atoms. The molecule has 1 saturated heterocycles. The topological polar surface area (TPSA) is 6.48 Å². The van der Waals surface area contributed by atoms with Crippen LogP contribution in [-0.4, -0.2) is 49.6 Å². The summed E-state index contributed by atoms with van der Waals surface area (Å²) in [5.41, 5.74) is 0. The predicted octanol–water partition coefficient (Wildman–Crippen LogP) is 0.846. The molecule has 1 heterocycles. The summed E-state index contributed by atoms with van der Waals surface area (Å²) in [5.74, 6) is 0. The summed E-state index contributed by atoms with van der Waals surface area (Å²) in [5, 5.41) is 0. The summed E-state index contributed by atoms with van der Waals surface area (Å²) in [6.07, 6.45) is 2.62. The average Bonchev–Trinajstić information content (AvgIpc) is 2.05. The Kier molecular flexibility index (Phi) is 3.34. The van der Waals surface area contributed by atoms with Gasteiger partial charge in [-0.05, 0) is 53.5 Å². The van der Waals surface area contributed by atoms with Crippen molar-refractivity contribution >= 4 is 0 Å². The van der Waals surface area contributed by atoms with E-state index in [1.165, 1.54) is 25.9 Å². The average molecular weight is 155 g/mol. The third-order valence-corrected chi connectivity index (χ3v) is 2.60. The lowest BCUT2D eigenvalue weighted by Gasteiger charge is -2.34. The molecule has 1 rings (SSSR count). The molecule has 0 aromatic carbocycles. The van der Waals surface area contributed by atoms with E-state index in [0.717, 1.165) is 12.6 Å². The lowest BCUT2D eigenvalue weighted by Crippen LogP contribution is -2.41. The molecule has 0 aliphatic carbocycles. The molecule has 1 aliphatic rings. The first-order valence-electron chi connectivity index (χ1n) is 4.42. The van der Waals surface area contributed by atoms with Crippen LogP contribution in [0.3, 0.4) is 0 Å². The smallest absolute Gasteiger partial charge is 0.0113 e. The van der Waals surface area contributed by atoms with Crippen LogP contribution in [0, 0.1) is 6.92 Å². The predicted molar refractivity (Wildman–Crippen MR) is 48.5 cm³/mol. The fourth-order valence-corrected chi connectivity index (χ4v) is 1.66. The van der Waals surface area contributed by atoms with Crippen molar-refractivity contribution in [3.05, 3.63) is 6.92 Å². The second kappa shape index (κ2) is 4.07. The molecule has 2 heteroatoms. The largest absolute Gasteiger partial charge is 0.306 e. The fraction of sp³-hybridized carbons (Fsp3) is 0.889. The van der Waals surface area contributed by atoms with E-state index in [2.05, 4.69) is 30.8 Å². The molecule has 11 heavy (non-hydrogen) atoms. The van der Waals surface area contributed by atoms with Gasteiger partial charge in [-0.25, -0.2) is 0 Å². The van der Waals surface area contributed by atoms with E-state index in [1.54, 1.807) is 0 Å². The molecule has 1 fully saturated rings. The lowest BCUT2D eigenvalue weighted by atomic mass is 10.0. The van der Waals surface area contributed by atoms with Crippen molar-refractivity contribution in [3.63, 3.8) is 0 Å². The van der Waals surface area contributed by atoms with Crippen molar-refractivity contribution in [2.45, 2.75) is 18.9 Å². The van der Waals surface area contributed by atoms with E-state index in [-0.39, 0.29) is 0 Å². The molecule has 0 atom stereocenters. The molecule has 0 aromatic rings. The Morgan fingerprint density at radius 3 is 2.27 bits per heavy atom. The summed E-state index contributed by atoms with van der Waals surface area (Å²) in [4.78, 5) is 4.75. The Balaban J connectivity index is 2.24. The monoisotopic (exact) mass is 155 g/mol. The highest BCUT2D eigenvalue weighted by molar-refractivity contribution is 4.76. The molecular weight excluding hydrogens is 136 g/mol. The van der Waals surface area contributed by atoms with E-state index >= 15 is 0 Å². The SMILES string of the molecule is [CH2]CN1CCC(N(C)C)CC1. The maximum atomic E-state index is 3.89. The van der Waals surface area contributed by atoms with Gasteiger partial charge in [-0.3, -0.25) is 0 Å². The van der Waals surface area contributed by atoms with Crippen LogP contribution in [0.1, 0.15) is 12.8 Å². The first-order valence-corrected chi connectivity index (χ1v) is 4.42. The van der Waals surface area contributed by atoms with Crippen molar-refractivity contribution in [2.75, 3.05) is 33.7 Å². The molecule has 2 nitrogen and oxygen atoms in total.